The second-order valence-corrected chi connectivity index (χ2v) is 4.51. The minimum Gasteiger partial charge on any atom is -0.330 e. The number of benzene rings is 1. The minimum atomic E-state index is 0.599. The lowest BCUT2D eigenvalue weighted by molar-refractivity contribution is 0.333. The van der Waals surface area contributed by atoms with Crippen molar-refractivity contribution < 1.29 is 0 Å². The molecule has 15 heavy (non-hydrogen) atoms. The molecule has 1 aliphatic heterocycles. The molecule has 1 aliphatic rings. The number of nitrogens with one attached hydrogen (secondary N) is 1. The van der Waals surface area contributed by atoms with Crippen molar-refractivity contribution in [2.45, 2.75) is 19.3 Å². The summed E-state index contributed by atoms with van der Waals surface area (Å²) in [4.78, 5) is 0. The van der Waals surface area contributed by atoms with Crippen molar-refractivity contribution in [1.82, 2.24) is 5.32 Å². The molecule has 0 aromatic heterocycles. The largest absolute Gasteiger partial charge is 0.330 e. The van der Waals surface area contributed by atoms with E-state index in [0.717, 1.165) is 19.6 Å². The topological polar surface area (TPSA) is 38.0 Å². The number of hydrogen-bond donors (Lipinski definition) is 2. The molecular weight excluding hydrogens is 184 g/mol. The van der Waals surface area contributed by atoms with Crippen molar-refractivity contribution in [3.05, 3.63) is 35.4 Å². The number of hydrogen-bond acceptors (Lipinski definition) is 2. The van der Waals surface area contributed by atoms with Gasteiger partial charge in [-0.05, 0) is 50.4 Å². The lowest BCUT2D eigenvalue weighted by atomic mass is 9.81. The molecular formula is C13H20N2. The molecule has 0 spiro atoms. The van der Waals surface area contributed by atoms with E-state index in [4.69, 9.17) is 5.73 Å². The normalized spacial score (nSPS) is 26.5. The minimum absolute atomic E-state index is 0.599. The van der Waals surface area contributed by atoms with Gasteiger partial charge < -0.3 is 11.1 Å². The fourth-order valence-electron chi connectivity index (χ4n) is 2.42. The zero-order valence-corrected chi connectivity index (χ0v) is 9.37. The van der Waals surface area contributed by atoms with Crippen molar-refractivity contribution in [3.63, 3.8) is 0 Å². The Morgan fingerprint density at radius 1 is 1.33 bits per heavy atom. The second-order valence-electron chi connectivity index (χ2n) is 4.51. The van der Waals surface area contributed by atoms with Crippen LogP contribution in [0.15, 0.2) is 24.3 Å². The first-order valence-electron chi connectivity index (χ1n) is 5.78. The zero-order valence-electron chi connectivity index (χ0n) is 9.37. The van der Waals surface area contributed by atoms with Crippen LogP contribution in [0.2, 0.25) is 0 Å². The van der Waals surface area contributed by atoms with Gasteiger partial charge in [-0.3, -0.25) is 0 Å². The van der Waals surface area contributed by atoms with Gasteiger partial charge in [0.15, 0.2) is 0 Å². The summed E-state index contributed by atoms with van der Waals surface area (Å²) in [6.07, 6.45) is 1.21. The SMILES string of the molecule is Cc1ccc(C2CCNCC2CN)cc1. The van der Waals surface area contributed by atoms with Crippen molar-refractivity contribution in [1.29, 1.82) is 0 Å². The molecule has 0 amide bonds. The molecule has 2 nitrogen and oxygen atoms in total. The van der Waals surface area contributed by atoms with Crippen LogP contribution in [0.25, 0.3) is 0 Å². The van der Waals surface area contributed by atoms with Crippen LogP contribution in [-0.4, -0.2) is 19.6 Å². The summed E-state index contributed by atoms with van der Waals surface area (Å²) in [5.41, 5.74) is 8.61. The van der Waals surface area contributed by atoms with Crippen LogP contribution < -0.4 is 11.1 Å². The summed E-state index contributed by atoms with van der Waals surface area (Å²) in [6.45, 7) is 5.10. The van der Waals surface area contributed by atoms with Gasteiger partial charge >= 0.3 is 0 Å². The Balaban J connectivity index is 2.16. The maximum absolute atomic E-state index is 5.82. The quantitative estimate of drug-likeness (QED) is 0.768. The molecule has 2 atom stereocenters. The Morgan fingerprint density at radius 3 is 2.73 bits per heavy atom. The van der Waals surface area contributed by atoms with Crippen LogP contribution in [0.3, 0.4) is 0 Å². The molecule has 1 heterocycles. The van der Waals surface area contributed by atoms with E-state index >= 15 is 0 Å². The Morgan fingerprint density at radius 2 is 2.07 bits per heavy atom. The van der Waals surface area contributed by atoms with E-state index in [0.29, 0.717) is 11.8 Å². The van der Waals surface area contributed by atoms with Crippen LogP contribution in [0.5, 0.6) is 0 Å². The van der Waals surface area contributed by atoms with E-state index in [1.54, 1.807) is 0 Å². The summed E-state index contributed by atoms with van der Waals surface area (Å²) in [5, 5.41) is 3.42. The highest BCUT2D eigenvalue weighted by Gasteiger charge is 2.24. The Kier molecular flexibility index (Phi) is 3.39. The maximum Gasteiger partial charge on any atom is -0.000257 e. The van der Waals surface area contributed by atoms with Crippen LogP contribution in [-0.2, 0) is 0 Å². The maximum atomic E-state index is 5.82. The molecule has 1 aromatic rings. The van der Waals surface area contributed by atoms with Crippen LogP contribution in [0, 0.1) is 12.8 Å². The van der Waals surface area contributed by atoms with E-state index in [9.17, 15) is 0 Å². The Bertz CT molecular complexity index is 305. The van der Waals surface area contributed by atoms with Crippen molar-refractivity contribution in [3.8, 4) is 0 Å². The third-order valence-corrected chi connectivity index (χ3v) is 3.42. The molecule has 0 radical (unpaired) electrons. The highest BCUT2D eigenvalue weighted by atomic mass is 14.9. The summed E-state index contributed by atoms with van der Waals surface area (Å²) in [6, 6.07) is 8.91. The predicted octanol–water partition coefficient (Wildman–Crippen LogP) is 1.65. The van der Waals surface area contributed by atoms with Gasteiger partial charge in [-0.2, -0.15) is 0 Å². The van der Waals surface area contributed by atoms with Gasteiger partial charge in [0.1, 0.15) is 0 Å². The predicted molar refractivity (Wildman–Crippen MR) is 64.0 cm³/mol. The lowest BCUT2D eigenvalue weighted by Gasteiger charge is -2.31. The summed E-state index contributed by atoms with van der Waals surface area (Å²) < 4.78 is 0. The number of nitrogens with two attached hydrogens (primary N) is 1. The van der Waals surface area contributed by atoms with Gasteiger partial charge in [-0.15, -0.1) is 0 Å². The molecule has 0 saturated carbocycles. The smallest absolute Gasteiger partial charge is 0.000257 e. The highest BCUT2D eigenvalue weighted by Crippen LogP contribution is 2.29. The number of rotatable bonds is 2. The first-order chi connectivity index (χ1) is 7.31. The standard InChI is InChI=1S/C13H20N2/c1-10-2-4-11(5-3-10)13-6-7-15-9-12(13)8-14/h2-5,12-13,15H,6-9,14H2,1H3. The van der Waals surface area contributed by atoms with E-state index in [1.807, 2.05) is 0 Å². The van der Waals surface area contributed by atoms with E-state index in [2.05, 4.69) is 36.5 Å². The highest BCUT2D eigenvalue weighted by molar-refractivity contribution is 5.25. The van der Waals surface area contributed by atoms with E-state index < -0.39 is 0 Å². The molecule has 2 rings (SSSR count). The number of aryl methyl sites for hydroxylation is 1. The molecule has 2 heteroatoms. The first kappa shape index (κ1) is 10.7. The van der Waals surface area contributed by atoms with Gasteiger partial charge in [0.2, 0.25) is 0 Å². The van der Waals surface area contributed by atoms with Crippen LogP contribution in [0.4, 0.5) is 0 Å². The first-order valence-corrected chi connectivity index (χ1v) is 5.78. The van der Waals surface area contributed by atoms with Crippen molar-refractivity contribution in [2.24, 2.45) is 11.7 Å². The zero-order chi connectivity index (χ0) is 10.7. The van der Waals surface area contributed by atoms with E-state index in [1.165, 1.54) is 17.5 Å². The molecule has 3 N–H and O–H groups in total. The average Bonchev–Trinajstić information content (AvgIpc) is 2.30. The van der Waals surface area contributed by atoms with Crippen molar-refractivity contribution >= 4 is 0 Å². The fourth-order valence-corrected chi connectivity index (χ4v) is 2.42. The molecule has 1 fully saturated rings. The summed E-state index contributed by atoms with van der Waals surface area (Å²) in [5.74, 6) is 1.25. The van der Waals surface area contributed by atoms with Gasteiger partial charge in [0.05, 0.1) is 0 Å². The van der Waals surface area contributed by atoms with Gasteiger partial charge in [0, 0.05) is 0 Å². The molecule has 1 aromatic carbocycles. The molecule has 2 unspecified atom stereocenters. The summed E-state index contributed by atoms with van der Waals surface area (Å²) in [7, 11) is 0. The molecule has 0 bridgehead atoms. The van der Waals surface area contributed by atoms with E-state index in [-0.39, 0.29) is 0 Å². The third kappa shape index (κ3) is 2.39. The third-order valence-electron chi connectivity index (χ3n) is 3.42. The second kappa shape index (κ2) is 4.77. The van der Waals surface area contributed by atoms with Gasteiger partial charge in [-0.25, -0.2) is 0 Å². The summed E-state index contributed by atoms with van der Waals surface area (Å²) >= 11 is 0. The van der Waals surface area contributed by atoms with Crippen LogP contribution in [0.1, 0.15) is 23.5 Å². The lowest BCUT2D eigenvalue weighted by Crippen LogP contribution is -2.39. The van der Waals surface area contributed by atoms with Gasteiger partial charge in [-0.1, -0.05) is 29.8 Å². The van der Waals surface area contributed by atoms with Crippen LogP contribution >= 0.6 is 0 Å². The number of piperidine rings is 1. The van der Waals surface area contributed by atoms with Gasteiger partial charge in [0.25, 0.3) is 0 Å². The average molecular weight is 204 g/mol. The monoisotopic (exact) mass is 204 g/mol. The molecule has 0 aliphatic carbocycles. The molecule has 1 saturated heterocycles. The molecule has 82 valence electrons. The fraction of sp³-hybridized carbons (Fsp3) is 0.538. The Labute approximate surface area is 91.9 Å². The van der Waals surface area contributed by atoms with Crippen molar-refractivity contribution in [2.75, 3.05) is 19.6 Å². The Hall–Kier alpha value is -0.860.